The third-order valence-corrected chi connectivity index (χ3v) is 2.07. The summed E-state index contributed by atoms with van der Waals surface area (Å²) in [6.07, 6.45) is 7.19. The maximum atomic E-state index is 10.9. The van der Waals surface area contributed by atoms with Gasteiger partial charge in [-0.25, -0.2) is 4.79 Å². The van der Waals surface area contributed by atoms with Gasteiger partial charge < -0.3 is 9.47 Å². The zero-order valence-corrected chi connectivity index (χ0v) is 10.3. The van der Waals surface area contributed by atoms with Gasteiger partial charge >= 0.3 is 5.97 Å². The fourth-order valence-corrected chi connectivity index (χ4v) is 1.22. The lowest BCUT2D eigenvalue weighted by Crippen LogP contribution is -1.92. The topological polar surface area (TPSA) is 35.5 Å². The summed E-state index contributed by atoms with van der Waals surface area (Å²) >= 11 is 0. The molecule has 0 atom stereocenters. The minimum absolute atomic E-state index is 0.404. The van der Waals surface area contributed by atoms with Crippen LogP contribution in [0.25, 0.3) is 5.57 Å². The third kappa shape index (κ3) is 4.58. The molecule has 0 amide bonds. The largest absolute Gasteiger partial charge is 0.466 e. The SMILES string of the molecule is COC#C/C(=C/C=C\C(=O)OC)c1ccccc1. The molecule has 3 nitrogen and oxygen atoms in total. The molecule has 92 valence electrons. The van der Waals surface area contributed by atoms with Gasteiger partial charge in [0.2, 0.25) is 0 Å². The molecule has 0 fully saturated rings. The van der Waals surface area contributed by atoms with Crippen LogP contribution in [0.15, 0.2) is 48.6 Å². The Labute approximate surface area is 107 Å². The quantitative estimate of drug-likeness (QED) is 0.353. The molecule has 0 heterocycles. The molecule has 1 rings (SSSR count). The molecule has 0 aromatic heterocycles. The Bertz CT molecular complexity index is 502. The van der Waals surface area contributed by atoms with Gasteiger partial charge in [0.1, 0.15) is 6.11 Å². The van der Waals surface area contributed by atoms with Crippen molar-refractivity contribution in [2.45, 2.75) is 0 Å². The molecule has 1 aromatic carbocycles. The molecule has 0 radical (unpaired) electrons. The van der Waals surface area contributed by atoms with Crippen molar-refractivity contribution in [2.75, 3.05) is 14.2 Å². The van der Waals surface area contributed by atoms with Gasteiger partial charge in [-0.3, -0.25) is 0 Å². The molecular weight excluding hydrogens is 228 g/mol. The van der Waals surface area contributed by atoms with E-state index < -0.39 is 5.97 Å². The van der Waals surface area contributed by atoms with Crippen LogP contribution < -0.4 is 0 Å². The van der Waals surface area contributed by atoms with E-state index in [1.807, 2.05) is 30.3 Å². The van der Waals surface area contributed by atoms with E-state index in [4.69, 9.17) is 4.74 Å². The Hall–Kier alpha value is -2.47. The van der Waals surface area contributed by atoms with Crippen LogP contribution in [0.3, 0.4) is 0 Å². The van der Waals surface area contributed by atoms with Crippen molar-refractivity contribution in [3.8, 4) is 12.0 Å². The lowest BCUT2D eigenvalue weighted by Gasteiger charge is -1.97. The van der Waals surface area contributed by atoms with Crippen molar-refractivity contribution >= 4 is 11.5 Å². The summed E-state index contributed by atoms with van der Waals surface area (Å²) in [7, 11) is 2.83. The summed E-state index contributed by atoms with van der Waals surface area (Å²) in [5, 5.41) is 0. The van der Waals surface area contributed by atoms with Crippen LogP contribution >= 0.6 is 0 Å². The number of carbonyl (C=O) groups excluding carboxylic acids is 1. The van der Waals surface area contributed by atoms with Crippen molar-refractivity contribution in [1.82, 2.24) is 0 Å². The zero-order valence-electron chi connectivity index (χ0n) is 10.3. The Kier molecular flexibility index (Phi) is 5.85. The summed E-state index contributed by atoms with van der Waals surface area (Å²) in [6.45, 7) is 0. The number of hydrogen-bond acceptors (Lipinski definition) is 3. The third-order valence-electron chi connectivity index (χ3n) is 2.07. The van der Waals surface area contributed by atoms with Crippen molar-refractivity contribution in [3.63, 3.8) is 0 Å². The molecule has 0 N–H and O–H groups in total. The molecule has 1 aromatic rings. The van der Waals surface area contributed by atoms with Crippen molar-refractivity contribution in [3.05, 3.63) is 54.1 Å². The summed E-state index contributed by atoms with van der Waals surface area (Å²) in [6, 6.07) is 9.63. The first-order valence-corrected chi connectivity index (χ1v) is 5.33. The molecule has 3 heteroatoms. The zero-order chi connectivity index (χ0) is 13.2. The van der Waals surface area contributed by atoms with E-state index >= 15 is 0 Å². The molecule has 18 heavy (non-hydrogen) atoms. The normalized spacial score (nSPS) is 10.7. The smallest absolute Gasteiger partial charge is 0.330 e. The van der Waals surface area contributed by atoms with Gasteiger partial charge in [-0.2, -0.15) is 0 Å². The van der Waals surface area contributed by atoms with Gasteiger partial charge in [0, 0.05) is 11.6 Å². The van der Waals surface area contributed by atoms with Crippen LogP contribution in [0.5, 0.6) is 0 Å². The molecular formula is C15H14O3. The van der Waals surface area contributed by atoms with Crippen LogP contribution in [0, 0.1) is 12.0 Å². The van der Waals surface area contributed by atoms with Crippen molar-refractivity contribution in [1.29, 1.82) is 0 Å². The first-order chi connectivity index (χ1) is 8.77. The Morgan fingerprint density at radius 3 is 2.56 bits per heavy atom. The van der Waals surface area contributed by atoms with Gasteiger partial charge in [-0.05, 0) is 17.6 Å². The van der Waals surface area contributed by atoms with Crippen molar-refractivity contribution < 1.29 is 14.3 Å². The first-order valence-electron chi connectivity index (χ1n) is 5.33. The second kappa shape index (κ2) is 7.75. The van der Waals surface area contributed by atoms with E-state index in [-0.39, 0.29) is 0 Å². The number of hydrogen-bond donors (Lipinski definition) is 0. The van der Waals surface area contributed by atoms with E-state index in [1.54, 1.807) is 12.2 Å². The van der Waals surface area contributed by atoms with Crippen LogP contribution in [-0.4, -0.2) is 20.2 Å². The second-order valence-corrected chi connectivity index (χ2v) is 3.26. The second-order valence-electron chi connectivity index (χ2n) is 3.26. The van der Waals surface area contributed by atoms with E-state index in [1.165, 1.54) is 20.3 Å². The monoisotopic (exact) mass is 242 g/mol. The van der Waals surface area contributed by atoms with E-state index in [9.17, 15) is 4.79 Å². The van der Waals surface area contributed by atoms with E-state index in [0.717, 1.165) is 11.1 Å². The highest BCUT2D eigenvalue weighted by atomic mass is 16.5. The number of methoxy groups -OCH3 is 2. The number of carbonyl (C=O) groups is 1. The Morgan fingerprint density at radius 2 is 1.94 bits per heavy atom. The van der Waals surface area contributed by atoms with E-state index in [0.29, 0.717) is 0 Å². The number of allylic oxidation sites excluding steroid dienone is 3. The lowest BCUT2D eigenvalue weighted by atomic mass is 10.1. The van der Waals surface area contributed by atoms with Gasteiger partial charge in [-0.15, -0.1) is 0 Å². The minimum atomic E-state index is -0.404. The fourth-order valence-electron chi connectivity index (χ4n) is 1.22. The van der Waals surface area contributed by atoms with E-state index in [2.05, 4.69) is 16.8 Å². The molecule has 0 spiro atoms. The predicted octanol–water partition coefficient (Wildman–Crippen LogP) is 2.41. The Balaban J connectivity index is 2.96. The molecule has 0 aliphatic heterocycles. The highest BCUT2D eigenvalue weighted by molar-refractivity contribution is 5.84. The highest BCUT2D eigenvalue weighted by Gasteiger charge is 1.96. The summed E-state index contributed by atoms with van der Waals surface area (Å²) in [5.74, 6) is 2.46. The van der Waals surface area contributed by atoms with Crippen LogP contribution in [0.4, 0.5) is 0 Å². The predicted molar refractivity (Wildman–Crippen MR) is 70.4 cm³/mol. The molecule has 0 unspecified atom stereocenters. The summed E-state index contributed by atoms with van der Waals surface area (Å²) in [5.41, 5.74) is 1.72. The number of esters is 1. The van der Waals surface area contributed by atoms with Crippen LogP contribution in [0.2, 0.25) is 0 Å². The maximum Gasteiger partial charge on any atom is 0.330 e. The van der Waals surface area contributed by atoms with Crippen molar-refractivity contribution in [2.24, 2.45) is 0 Å². The number of rotatable bonds is 3. The highest BCUT2D eigenvalue weighted by Crippen LogP contribution is 2.12. The first kappa shape index (κ1) is 13.6. The minimum Gasteiger partial charge on any atom is -0.466 e. The average molecular weight is 242 g/mol. The van der Waals surface area contributed by atoms with Gasteiger partial charge in [0.05, 0.1) is 14.2 Å². The summed E-state index contributed by atoms with van der Waals surface area (Å²) in [4.78, 5) is 10.9. The maximum absolute atomic E-state index is 10.9. The summed E-state index contributed by atoms with van der Waals surface area (Å²) < 4.78 is 9.23. The van der Waals surface area contributed by atoms with Gasteiger partial charge in [-0.1, -0.05) is 36.4 Å². The Morgan fingerprint density at radius 1 is 1.22 bits per heavy atom. The lowest BCUT2D eigenvalue weighted by molar-refractivity contribution is -0.134. The van der Waals surface area contributed by atoms with Gasteiger partial charge in [0.15, 0.2) is 0 Å². The van der Waals surface area contributed by atoms with Crippen LogP contribution in [-0.2, 0) is 14.3 Å². The molecule has 0 saturated heterocycles. The molecule has 0 bridgehead atoms. The fraction of sp³-hybridized carbons (Fsp3) is 0.133. The molecule has 0 saturated carbocycles. The van der Waals surface area contributed by atoms with Gasteiger partial charge in [0.25, 0.3) is 0 Å². The van der Waals surface area contributed by atoms with Crippen LogP contribution in [0.1, 0.15) is 5.56 Å². The standard InChI is InChI=1S/C15H14O3/c1-17-12-11-14(9-6-10-15(16)18-2)13-7-4-3-5-8-13/h3-10H,1-2H3/b10-6-,14-9-. The number of ether oxygens (including phenoxy) is 2. The molecule has 0 aliphatic rings. The average Bonchev–Trinajstić information content (AvgIpc) is 2.43. The number of benzene rings is 1. The molecule has 0 aliphatic carbocycles.